The molecule has 0 spiro atoms. The summed E-state index contributed by atoms with van der Waals surface area (Å²) in [6, 6.07) is 18.2. The molecule has 15 nitrogen and oxygen atoms in total. The first-order valence-corrected chi connectivity index (χ1v) is 19.7. The molecule has 0 aliphatic heterocycles. The highest BCUT2D eigenvalue weighted by atomic mass is 35.5. The van der Waals surface area contributed by atoms with E-state index in [9.17, 15) is 24.0 Å². The van der Waals surface area contributed by atoms with Gasteiger partial charge in [-0.2, -0.15) is 9.59 Å². The third-order valence-electron chi connectivity index (χ3n) is 7.42. The van der Waals surface area contributed by atoms with E-state index in [1.807, 2.05) is 24.3 Å². The molecule has 0 aromatic heterocycles. The van der Waals surface area contributed by atoms with Crippen molar-refractivity contribution in [3.8, 4) is 5.75 Å². The van der Waals surface area contributed by atoms with Crippen LogP contribution in [0.2, 0.25) is 5.02 Å². The molecule has 0 unspecified atom stereocenters. The van der Waals surface area contributed by atoms with E-state index in [-0.39, 0.29) is 64.8 Å². The van der Waals surface area contributed by atoms with Crippen molar-refractivity contribution in [2.75, 3.05) is 11.4 Å². The zero-order valence-electron chi connectivity index (χ0n) is 36.9. The highest BCUT2D eigenvalue weighted by molar-refractivity contribution is 6.31. The number of hydrogen-bond acceptors (Lipinski definition) is 12. The van der Waals surface area contributed by atoms with Gasteiger partial charge < -0.3 is 23.8 Å². The lowest BCUT2D eigenvalue weighted by Gasteiger charge is -2.26. The molecule has 3 rings (SSSR count). The van der Waals surface area contributed by atoms with Crippen molar-refractivity contribution in [1.29, 1.82) is 0 Å². The fourth-order valence-corrected chi connectivity index (χ4v) is 5.52. The van der Waals surface area contributed by atoms with Crippen LogP contribution in [0.25, 0.3) is 0 Å². The molecule has 16 heteroatoms. The summed E-state index contributed by atoms with van der Waals surface area (Å²) in [7, 11) is 0. The van der Waals surface area contributed by atoms with Crippen molar-refractivity contribution in [1.82, 2.24) is 10.6 Å². The first-order chi connectivity index (χ1) is 28.1. The maximum Gasteiger partial charge on any atom is 0.414 e. The van der Waals surface area contributed by atoms with Gasteiger partial charge in [0.25, 0.3) is 0 Å². The van der Waals surface area contributed by atoms with E-state index in [1.54, 1.807) is 74.4 Å². The SMILES string of the molecule is CC(C)(C)Cc1ccc(N(CC(=O)OC(C)(C)C)C(=O)CCc2ccc(OC(=O)c3ccc(N=C(NC(=O)OC(C)(C)C)NC(=O)OC(C)(C)C)cc3)cc2Cl)cc1.O=C=O. The largest absolute Gasteiger partial charge is 0.459 e. The summed E-state index contributed by atoms with van der Waals surface area (Å²) in [5, 5.41) is 5.09. The average Bonchev–Trinajstić information content (AvgIpc) is 3.08. The Morgan fingerprint density at radius 2 is 1.21 bits per heavy atom. The molecule has 61 heavy (non-hydrogen) atoms. The van der Waals surface area contributed by atoms with E-state index < -0.39 is 40.9 Å². The Labute approximate surface area is 362 Å². The molecule has 2 N–H and O–H groups in total. The number of halogens is 1. The maximum absolute atomic E-state index is 13.6. The van der Waals surface area contributed by atoms with Gasteiger partial charge in [0.1, 0.15) is 29.1 Å². The predicted octanol–water partition coefficient (Wildman–Crippen LogP) is 8.91. The van der Waals surface area contributed by atoms with Crippen molar-refractivity contribution in [3.63, 3.8) is 0 Å². The second-order valence-electron chi connectivity index (χ2n) is 18.0. The number of nitrogens with one attached hydrogen (secondary N) is 2. The van der Waals surface area contributed by atoms with E-state index in [0.717, 1.165) is 12.0 Å². The number of aliphatic imine (C=N–C) groups is 1. The zero-order valence-corrected chi connectivity index (χ0v) is 37.7. The summed E-state index contributed by atoms with van der Waals surface area (Å²) in [6.07, 6.45) is -0.295. The number of carbonyl (C=O) groups is 5. The van der Waals surface area contributed by atoms with Crippen LogP contribution in [0.15, 0.2) is 71.7 Å². The number of alkyl carbamates (subject to hydrolysis) is 2. The molecule has 0 heterocycles. The molecule has 3 amide bonds. The van der Waals surface area contributed by atoms with Crippen LogP contribution < -0.4 is 20.3 Å². The van der Waals surface area contributed by atoms with Crippen molar-refractivity contribution in [2.45, 2.75) is 119 Å². The van der Waals surface area contributed by atoms with Gasteiger partial charge in [0.05, 0.1) is 11.3 Å². The van der Waals surface area contributed by atoms with Gasteiger partial charge in [-0.05, 0) is 140 Å². The van der Waals surface area contributed by atoms with Crippen molar-refractivity contribution >= 4 is 65.1 Å². The summed E-state index contributed by atoms with van der Waals surface area (Å²) in [6.45, 7) is 21.6. The zero-order chi connectivity index (χ0) is 46.3. The van der Waals surface area contributed by atoms with Crippen LogP contribution >= 0.6 is 11.6 Å². The van der Waals surface area contributed by atoms with Crippen LogP contribution in [0.3, 0.4) is 0 Å². The summed E-state index contributed by atoms with van der Waals surface area (Å²) in [5.74, 6) is -1.57. The van der Waals surface area contributed by atoms with Crippen LogP contribution in [0, 0.1) is 5.41 Å². The number of esters is 2. The highest BCUT2D eigenvalue weighted by Crippen LogP contribution is 2.27. The second kappa shape index (κ2) is 22.0. The molecule has 3 aromatic rings. The summed E-state index contributed by atoms with van der Waals surface area (Å²) < 4.78 is 21.6. The number of hydrogen-bond donors (Lipinski definition) is 2. The fraction of sp³-hybridized carbons (Fsp3) is 0.444. The Morgan fingerprint density at radius 1 is 0.705 bits per heavy atom. The monoisotopic (exact) mass is 864 g/mol. The highest BCUT2D eigenvalue weighted by Gasteiger charge is 2.25. The molecule has 0 aliphatic rings. The van der Waals surface area contributed by atoms with Gasteiger partial charge in [0.15, 0.2) is 0 Å². The molecule has 0 saturated heterocycles. The van der Waals surface area contributed by atoms with Crippen LogP contribution in [0.5, 0.6) is 5.75 Å². The number of carbonyl (C=O) groups excluding carboxylic acids is 7. The van der Waals surface area contributed by atoms with Crippen LogP contribution in [0.4, 0.5) is 21.0 Å². The Bertz CT molecular complexity index is 2030. The molecule has 0 fully saturated rings. The number of aryl methyl sites for hydroxylation is 1. The van der Waals surface area contributed by atoms with E-state index in [4.69, 9.17) is 40.1 Å². The van der Waals surface area contributed by atoms with Gasteiger partial charge in [-0.15, -0.1) is 0 Å². The third kappa shape index (κ3) is 20.7. The van der Waals surface area contributed by atoms with Gasteiger partial charge in [0.2, 0.25) is 11.9 Å². The maximum atomic E-state index is 13.6. The number of anilines is 1. The van der Waals surface area contributed by atoms with Crippen LogP contribution in [-0.4, -0.2) is 65.5 Å². The Morgan fingerprint density at radius 3 is 1.67 bits per heavy atom. The number of guanidine groups is 1. The van der Waals surface area contributed by atoms with E-state index >= 15 is 0 Å². The molecule has 0 bridgehead atoms. The van der Waals surface area contributed by atoms with Crippen LogP contribution in [0.1, 0.15) is 111 Å². The van der Waals surface area contributed by atoms with E-state index in [1.165, 1.54) is 35.2 Å². The van der Waals surface area contributed by atoms with Gasteiger partial charge in [-0.25, -0.2) is 19.4 Å². The molecule has 3 aromatic carbocycles. The molecule has 0 atom stereocenters. The second-order valence-corrected chi connectivity index (χ2v) is 18.4. The van der Waals surface area contributed by atoms with E-state index in [0.29, 0.717) is 11.3 Å². The normalized spacial score (nSPS) is 11.4. The topological polar surface area (TPSA) is 196 Å². The molecular formula is C45H57ClN4O11. The molecule has 0 saturated carbocycles. The lowest BCUT2D eigenvalue weighted by atomic mass is 9.88. The van der Waals surface area contributed by atoms with Crippen molar-refractivity contribution in [2.24, 2.45) is 10.4 Å². The van der Waals surface area contributed by atoms with Gasteiger partial charge in [0, 0.05) is 17.1 Å². The Kier molecular flexibility index (Phi) is 18.4. The molecule has 0 radical (unpaired) electrons. The van der Waals surface area contributed by atoms with Gasteiger partial charge >= 0.3 is 30.3 Å². The fourth-order valence-electron chi connectivity index (χ4n) is 5.26. The molecular weight excluding hydrogens is 808 g/mol. The van der Waals surface area contributed by atoms with Gasteiger partial charge in [-0.3, -0.25) is 20.2 Å². The molecule has 0 aliphatic carbocycles. The third-order valence-corrected chi connectivity index (χ3v) is 7.77. The lowest BCUT2D eigenvalue weighted by molar-refractivity contribution is -0.191. The minimum Gasteiger partial charge on any atom is -0.459 e. The van der Waals surface area contributed by atoms with Gasteiger partial charge in [-0.1, -0.05) is 50.6 Å². The smallest absolute Gasteiger partial charge is 0.414 e. The number of ether oxygens (including phenoxy) is 4. The standard InChI is InChI=1S/C44H57ClN4O9.CO2/c1-41(2,3)26-28-13-21-32(22-14-28)49(27-36(51)56-42(4,5)6)35(50)24-18-29-17-23-33(25-34(29)45)55-37(52)30-15-19-31(20-16-30)46-38(47-39(53)57-43(7,8)9)48-40(54)58-44(10,11)12;2-1-3/h13-17,19-23,25H,18,24,26-27H2,1-12H3,(H2,46,47,48,53,54);. The first kappa shape index (κ1) is 51.1. The van der Waals surface area contributed by atoms with Crippen molar-refractivity contribution < 1.29 is 52.5 Å². The molecule has 330 valence electrons. The minimum atomic E-state index is -0.851. The van der Waals surface area contributed by atoms with E-state index in [2.05, 4.69) is 36.4 Å². The summed E-state index contributed by atoms with van der Waals surface area (Å²) >= 11 is 6.60. The average molecular weight is 865 g/mol. The quantitative estimate of drug-likeness (QED) is 0.0649. The summed E-state index contributed by atoms with van der Waals surface area (Å²) in [4.78, 5) is 86.4. The van der Waals surface area contributed by atoms with Crippen molar-refractivity contribution in [3.05, 3.63) is 88.4 Å². The lowest BCUT2D eigenvalue weighted by Crippen LogP contribution is -2.47. The first-order valence-electron chi connectivity index (χ1n) is 19.4. The Hall–Kier alpha value is -6.05. The minimum absolute atomic E-state index is 0.0442. The number of amides is 3. The Balaban J connectivity index is 0.00000414. The van der Waals surface area contributed by atoms with Crippen LogP contribution in [-0.2, 0) is 46.2 Å². The number of rotatable bonds is 10. The summed E-state index contributed by atoms with van der Waals surface area (Å²) in [5.41, 5.74) is 0.563. The number of nitrogens with zero attached hydrogens (tertiary/aromatic N) is 2. The number of benzene rings is 3. The predicted molar refractivity (Wildman–Crippen MR) is 230 cm³/mol.